The van der Waals surface area contributed by atoms with E-state index in [2.05, 4.69) is 20.0 Å². The molecule has 0 aliphatic carbocycles. The molecule has 3 N–H and O–H groups in total. The lowest BCUT2D eigenvalue weighted by atomic mass is 10.2. The van der Waals surface area contributed by atoms with Crippen molar-refractivity contribution in [3.05, 3.63) is 48.0 Å². The van der Waals surface area contributed by atoms with E-state index in [1.54, 1.807) is 24.5 Å². The van der Waals surface area contributed by atoms with Crippen molar-refractivity contribution in [3.63, 3.8) is 0 Å². The van der Waals surface area contributed by atoms with Gasteiger partial charge in [-0.15, -0.1) is 0 Å². The van der Waals surface area contributed by atoms with Crippen molar-refractivity contribution in [2.24, 2.45) is 0 Å². The van der Waals surface area contributed by atoms with E-state index in [0.29, 0.717) is 38.2 Å². The average Bonchev–Trinajstić information content (AvgIpc) is 3.33. The van der Waals surface area contributed by atoms with Gasteiger partial charge in [-0.3, -0.25) is 4.79 Å². The summed E-state index contributed by atoms with van der Waals surface area (Å²) in [5.41, 5.74) is 0.315. The van der Waals surface area contributed by atoms with Crippen LogP contribution in [0, 0.1) is 0 Å². The molecule has 1 aromatic carbocycles. The van der Waals surface area contributed by atoms with Gasteiger partial charge in [0.25, 0.3) is 5.91 Å². The summed E-state index contributed by atoms with van der Waals surface area (Å²) in [4.78, 5) is 19.4. The van der Waals surface area contributed by atoms with Crippen molar-refractivity contribution in [3.8, 4) is 0 Å². The molecular weight excluding hydrogens is 356 g/mol. The molecule has 0 bridgehead atoms. The van der Waals surface area contributed by atoms with Crippen molar-refractivity contribution in [2.75, 3.05) is 19.8 Å². The van der Waals surface area contributed by atoms with Crippen LogP contribution in [0.3, 0.4) is 0 Å². The number of hydrogen-bond acceptors (Lipinski definition) is 5. The van der Waals surface area contributed by atoms with Gasteiger partial charge < -0.3 is 15.0 Å². The maximum atomic E-state index is 12.4. The van der Waals surface area contributed by atoms with Crippen LogP contribution in [0.2, 0.25) is 0 Å². The molecule has 0 saturated carbocycles. The number of aromatic nitrogens is 2. The minimum absolute atomic E-state index is 0.0255. The summed E-state index contributed by atoms with van der Waals surface area (Å²) in [5, 5.41) is 2.85. The van der Waals surface area contributed by atoms with Crippen molar-refractivity contribution in [1.29, 1.82) is 0 Å². The highest BCUT2D eigenvalue weighted by molar-refractivity contribution is 7.89. The van der Waals surface area contributed by atoms with Crippen LogP contribution in [0.25, 0.3) is 0 Å². The van der Waals surface area contributed by atoms with E-state index in [9.17, 15) is 13.2 Å². The number of carbonyl (C=O) groups excluding carboxylic acids is 1. The summed E-state index contributed by atoms with van der Waals surface area (Å²) in [6, 6.07) is 6.01. The van der Waals surface area contributed by atoms with Gasteiger partial charge in [0.05, 0.1) is 17.5 Å². The largest absolute Gasteiger partial charge is 0.379 e. The van der Waals surface area contributed by atoms with E-state index >= 15 is 0 Å². The van der Waals surface area contributed by atoms with E-state index in [4.69, 9.17) is 4.74 Å². The molecule has 1 unspecified atom stereocenters. The Labute approximate surface area is 152 Å². The van der Waals surface area contributed by atoms with Crippen LogP contribution in [0.4, 0.5) is 0 Å². The monoisotopic (exact) mass is 378 g/mol. The molecule has 1 aliphatic rings. The number of rotatable bonds is 8. The fourth-order valence-electron chi connectivity index (χ4n) is 2.70. The van der Waals surface area contributed by atoms with Gasteiger partial charge in [-0.2, -0.15) is 0 Å². The van der Waals surface area contributed by atoms with Gasteiger partial charge in [-0.1, -0.05) is 6.07 Å². The highest BCUT2D eigenvalue weighted by Crippen LogP contribution is 2.13. The van der Waals surface area contributed by atoms with E-state index in [1.165, 1.54) is 12.1 Å². The molecule has 1 atom stereocenters. The Morgan fingerprint density at radius 2 is 2.27 bits per heavy atom. The molecule has 1 saturated heterocycles. The summed E-state index contributed by atoms with van der Waals surface area (Å²) in [6.07, 6.45) is 5.43. The highest BCUT2D eigenvalue weighted by atomic mass is 32.2. The second-order valence-corrected chi connectivity index (χ2v) is 7.87. The quantitative estimate of drug-likeness (QED) is 0.589. The molecule has 1 amide bonds. The molecule has 2 heterocycles. The van der Waals surface area contributed by atoms with Crippen molar-refractivity contribution >= 4 is 15.9 Å². The van der Waals surface area contributed by atoms with Crippen LogP contribution in [0.5, 0.6) is 0 Å². The smallest absolute Gasteiger partial charge is 0.251 e. The number of imidazole rings is 1. The summed E-state index contributed by atoms with van der Waals surface area (Å²) in [5.74, 6) is 0.522. The second-order valence-electron chi connectivity index (χ2n) is 6.10. The van der Waals surface area contributed by atoms with Crippen LogP contribution in [0.15, 0.2) is 41.6 Å². The first-order chi connectivity index (χ1) is 12.5. The topological polar surface area (TPSA) is 113 Å². The Bertz CT molecular complexity index is 830. The van der Waals surface area contributed by atoms with E-state index < -0.39 is 10.0 Å². The number of carbonyl (C=O) groups is 1. The third-order valence-corrected chi connectivity index (χ3v) is 5.57. The lowest BCUT2D eigenvalue weighted by molar-refractivity contribution is 0.0929. The zero-order valence-corrected chi connectivity index (χ0v) is 15.1. The van der Waals surface area contributed by atoms with Gasteiger partial charge in [-0.05, 0) is 31.0 Å². The van der Waals surface area contributed by atoms with Crippen LogP contribution in [-0.2, 0) is 21.2 Å². The Morgan fingerprint density at radius 3 is 3.00 bits per heavy atom. The first-order valence-corrected chi connectivity index (χ1v) is 9.99. The summed E-state index contributed by atoms with van der Waals surface area (Å²) in [6.45, 7) is 1.40. The fourth-order valence-corrected chi connectivity index (χ4v) is 3.82. The van der Waals surface area contributed by atoms with Crippen LogP contribution in [0.1, 0.15) is 29.0 Å². The molecular formula is C17H22N4O4S. The first kappa shape index (κ1) is 18.6. The standard InChI is InChI=1S/C17H22N4O4S/c22-17(21-14-6-10-25-12-14)13-3-1-4-15(11-13)26(23,24)20-7-2-5-16-18-8-9-19-16/h1,3-4,8-9,11,14,20H,2,5-7,10,12H2,(H,18,19)(H,21,22). The SMILES string of the molecule is O=C(NC1CCOC1)c1cccc(S(=O)(=O)NCCCc2ncc[nH]2)c1. The predicted molar refractivity (Wildman–Crippen MR) is 95.2 cm³/mol. The molecule has 0 spiro atoms. The van der Waals surface area contributed by atoms with Gasteiger partial charge in [0.1, 0.15) is 5.82 Å². The maximum Gasteiger partial charge on any atom is 0.251 e. The molecule has 1 aromatic heterocycles. The molecule has 26 heavy (non-hydrogen) atoms. The molecule has 9 heteroatoms. The van der Waals surface area contributed by atoms with Crippen LogP contribution >= 0.6 is 0 Å². The number of amides is 1. The molecule has 3 rings (SSSR count). The lowest BCUT2D eigenvalue weighted by Crippen LogP contribution is -2.35. The highest BCUT2D eigenvalue weighted by Gasteiger charge is 2.20. The third-order valence-electron chi connectivity index (χ3n) is 4.11. The zero-order chi connectivity index (χ0) is 18.4. The van der Waals surface area contributed by atoms with Gasteiger partial charge in [0, 0.05) is 37.5 Å². The molecule has 140 valence electrons. The van der Waals surface area contributed by atoms with Crippen molar-refractivity contribution in [1.82, 2.24) is 20.0 Å². The maximum absolute atomic E-state index is 12.4. The molecule has 1 aliphatic heterocycles. The summed E-state index contributed by atoms with van der Waals surface area (Å²) < 4.78 is 32.6. The van der Waals surface area contributed by atoms with Gasteiger partial charge >= 0.3 is 0 Å². The predicted octanol–water partition coefficient (Wildman–Crippen LogP) is 0.840. The zero-order valence-electron chi connectivity index (χ0n) is 14.3. The van der Waals surface area contributed by atoms with Gasteiger partial charge in [0.2, 0.25) is 10.0 Å². The minimum Gasteiger partial charge on any atom is -0.379 e. The summed E-state index contributed by atoms with van der Waals surface area (Å²) in [7, 11) is -3.67. The number of nitrogens with one attached hydrogen (secondary N) is 3. The van der Waals surface area contributed by atoms with Crippen molar-refractivity contribution < 1.29 is 17.9 Å². The van der Waals surface area contributed by atoms with Gasteiger partial charge in [-0.25, -0.2) is 18.1 Å². The molecule has 2 aromatic rings. The molecule has 8 nitrogen and oxygen atoms in total. The third kappa shape index (κ3) is 4.90. The van der Waals surface area contributed by atoms with E-state index in [0.717, 1.165) is 12.2 Å². The fraction of sp³-hybridized carbons (Fsp3) is 0.412. The minimum atomic E-state index is -3.67. The van der Waals surface area contributed by atoms with E-state index in [1.807, 2.05) is 0 Å². The normalized spacial score (nSPS) is 17.3. The van der Waals surface area contributed by atoms with E-state index in [-0.39, 0.29) is 16.8 Å². The Balaban J connectivity index is 1.57. The number of benzene rings is 1. The molecule has 0 radical (unpaired) electrons. The summed E-state index contributed by atoms with van der Waals surface area (Å²) >= 11 is 0. The second kappa shape index (κ2) is 8.43. The number of nitrogens with zero attached hydrogens (tertiary/aromatic N) is 1. The lowest BCUT2D eigenvalue weighted by Gasteiger charge is -2.12. The number of aryl methyl sites for hydroxylation is 1. The first-order valence-electron chi connectivity index (χ1n) is 8.51. The van der Waals surface area contributed by atoms with Crippen LogP contribution in [-0.4, -0.2) is 50.1 Å². The molecule has 1 fully saturated rings. The Kier molecular flexibility index (Phi) is 6.02. The number of ether oxygens (including phenoxy) is 1. The number of aromatic amines is 1. The van der Waals surface area contributed by atoms with Crippen LogP contribution < -0.4 is 10.0 Å². The number of sulfonamides is 1. The number of hydrogen-bond donors (Lipinski definition) is 3. The van der Waals surface area contributed by atoms with Crippen molar-refractivity contribution in [2.45, 2.75) is 30.2 Å². The van der Waals surface area contributed by atoms with Gasteiger partial charge in [0.15, 0.2) is 0 Å². The Hall–Kier alpha value is -2.23. The Morgan fingerprint density at radius 1 is 1.38 bits per heavy atom. The number of H-pyrrole nitrogens is 1. The average molecular weight is 378 g/mol.